The zero-order chi connectivity index (χ0) is 13.3. The molecule has 0 saturated carbocycles. The van der Waals surface area contributed by atoms with Crippen molar-refractivity contribution in [3.63, 3.8) is 0 Å². The van der Waals surface area contributed by atoms with E-state index in [1.54, 1.807) is 6.07 Å². The highest BCUT2D eigenvalue weighted by Gasteiger charge is 2.39. The molecular weight excluding hydrogens is 229 g/mol. The van der Waals surface area contributed by atoms with Crippen LogP contribution in [0.5, 0.6) is 0 Å². The first-order valence-corrected chi connectivity index (χ1v) is 6.38. The Bertz CT molecular complexity index is 419. The molecule has 1 unspecified atom stereocenters. The molecule has 0 amide bonds. The van der Waals surface area contributed by atoms with Gasteiger partial charge in [-0.25, -0.2) is 4.39 Å². The van der Waals surface area contributed by atoms with Crippen LogP contribution >= 0.6 is 0 Å². The first-order chi connectivity index (χ1) is 8.45. The molecular formula is C14H22FN3. The van der Waals surface area contributed by atoms with Gasteiger partial charge in [0, 0.05) is 25.2 Å². The van der Waals surface area contributed by atoms with Crippen LogP contribution in [0.4, 0.5) is 10.1 Å². The molecule has 1 fully saturated rings. The molecule has 1 aliphatic rings. The maximum atomic E-state index is 14.0. The van der Waals surface area contributed by atoms with E-state index in [1.807, 2.05) is 12.1 Å². The van der Waals surface area contributed by atoms with E-state index in [0.717, 1.165) is 13.1 Å². The Labute approximate surface area is 108 Å². The zero-order valence-corrected chi connectivity index (χ0v) is 11.4. The lowest BCUT2D eigenvalue weighted by Gasteiger charge is -2.52. The second-order valence-corrected chi connectivity index (χ2v) is 5.72. The van der Waals surface area contributed by atoms with Gasteiger partial charge in [0.15, 0.2) is 0 Å². The Balaban J connectivity index is 2.42. The fraction of sp³-hybridized carbons (Fsp3) is 0.571. The van der Waals surface area contributed by atoms with Crippen LogP contribution in [0.3, 0.4) is 0 Å². The van der Waals surface area contributed by atoms with Crippen molar-refractivity contribution >= 4 is 5.69 Å². The molecule has 1 heterocycles. The van der Waals surface area contributed by atoms with Crippen LogP contribution in [0.2, 0.25) is 0 Å². The van der Waals surface area contributed by atoms with Gasteiger partial charge in [-0.05, 0) is 33.0 Å². The predicted octanol–water partition coefficient (Wildman–Crippen LogP) is 1.68. The maximum Gasteiger partial charge on any atom is 0.146 e. The van der Waals surface area contributed by atoms with E-state index < -0.39 is 0 Å². The lowest BCUT2D eigenvalue weighted by Crippen LogP contribution is -2.65. The van der Waals surface area contributed by atoms with Crippen LogP contribution in [-0.2, 0) is 0 Å². The topological polar surface area (TPSA) is 32.5 Å². The molecule has 2 rings (SSSR count). The highest BCUT2D eigenvalue weighted by atomic mass is 19.1. The number of piperazine rings is 1. The van der Waals surface area contributed by atoms with Gasteiger partial charge in [0.05, 0.1) is 11.7 Å². The SMILES string of the molecule is CN1CC(CN)N(c2ccccc2F)C(C)(C)C1. The van der Waals surface area contributed by atoms with E-state index in [4.69, 9.17) is 5.73 Å². The minimum Gasteiger partial charge on any atom is -0.357 e. The third-order valence-electron chi connectivity index (χ3n) is 3.58. The second-order valence-electron chi connectivity index (χ2n) is 5.72. The third-order valence-corrected chi connectivity index (χ3v) is 3.58. The molecule has 0 radical (unpaired) electrons. The minimum atomic E-state index is -0.173. The first-order valence-electron chi connectivity index (χ1n) is 6.38. The highest BCUT2D eigenvalue weighted by molar-refractivity contribution is 5.52. The number of likely N-dealkylation sites (N-methyl/N-ethyl adjacent to an activating group) is 1. The average Bonchev–Trinajstić information content (AvgIpc) is 2.28. The van der Waals surface area contributed by atoms with Crippen molar-refractivity contribution in [1.29, 1.82) is 0 Å². The fourth-order valence-corrected chi connectivity index (χ4v) is 3.09. The van der Waals surface area contributed by atoms with Gasteiger partial charge in [0.1, 0.15) is 5.82 Å². The van der Waals surface area contributed by atoms with E-state index in [2.05, 4.69) is 30.7 Å². The quantitative estimate of drug-likeness (QED) is 0.868. The summed E-state index contributed by atoms with van der Waals surface area (Å²) in [5, 5.41) is 0. The molecule has 3 nitrogen and oxygen atoms in total. The Morgan fingerprint density at radius 3 is 2.67 bits per heavy atom. The lowest BCUT2D eigenvalue weighted by molar-refractivity contribution is 0.181. The standard InChI is InChI=1S/C14H22FN3/c1-14(2)10-17(3)9-11(8-16)18(14)13-7-5-4-6-12(13)15/h4-7,11H,8-10,16H2,1-3H3. The fourth-order valence-electron chi connectivity index (χ4n) is 3.09. The number of hydrogen-bond donors (Lipinski definition) is 1. The second kappa shape index (κ2) is 4.86. The number of nitrogens with zero attached hydrogens (tertiary/aromatic N) is 2. The van der Waals surface area contributed by atoms with Crippen molar-refractivity contribution in [3.8, 4) is 0 Å². The van der Waals surface area contributed by atoms with Crippen molar-refractivity contribution in [1.82, 2.24) is 4.90 Å². The van der Waals surface area contributed by atoms with Gasteiger partial charge in [-0.3, -0.25) is 0 Å². The summed E-state index contributed by atoms with van der Waals surface area (Å²) in [4.78, 5) is 4.40. The molecule has 0 spiro atoms. The van der Waals surface area contributed by atoms with E-state index in [-0.39, 0.29) is 17.4 Å². The smallest absolute Gasteiger partial charge is 0.146 e. The van der Waals surface area contributed by atoms with Crippen LogP contribution < -0.4 is 10.6 Å². The molecule has 0 aromatic heterocycles. The summed E-state index contributed by atoms with van der Waals surface area (Å²) in [7, 11) is 2.09. The molecule has 0 bridgehead atoms. The van der Waals surface area contributed by atoms with Crippen LogP contribution in [0.25, 0.3) is 0 Å². The van der Waals surface area contributed by atoms with Gasteiger partial charge < -0.3 is 15.5 Å². The predicted molar refractivity (Wildman–Crippen MR) is 73.3 cm³/mol. The lowest BCUT2D eigenvalue weighted by atomic mass is 9.93. The van der Waals surface area contributed by atoms with Crippen LogP contribution in [0.1, 0.15) is 13.8 Å². The van der Waals surface area contributed by atoms with Gasteiger partial charge in [-0.15, -0.1) is 0 Å². The minimum absolute atomic E-state index is 0.126. The van der Waals surface area contributed by atoms with Gasteiger partial charge in [0.25, 0.3) is 0 Å². The van der Waals surface area contributed by atoms with Crippen molar-refractivity contribution in [3.05, 3.63) is 30.1 Å². The molecule has 100 valence electrons. The van der Waals surface area contributed by atoms with Gasteiger partial charge in [-0.1, -0.05) is 12.1 Å². The third kappa shape index (κ3) is 2.35. The molecule has 4 heteroatoms. The average molecular weight is 251 g/mol. The molecule has 0 aliphatic carbocycles. The summed E-state index contributed by atoms with van der Waals surface area (Å²) in [6.07, 6.45) is 0. The number of halogens is 1. The van der Waals surface area contributed by atoms with Crippen molar-refractivity contribution in [2.24, 2.45) is 5.73 Å². The molecule has 1 aromatic rings. The Hall–Kier alpha value is -1.13. The normalized spacial score (nSPS) is 24.3. The maximum absolute atomic E-state index is 14.0. The first kappa shape index (κ1) is 13.3. The highest BCUT2D eigenvalue weighted by Crippen LogP contribution is 2.32. The Morgan fingerprint density at radius 2 is 2.06 bits per heavy atom. The van der Waals surface area contributed by atoms with Gasteiger partial charge >= 0.3 is 0 Å². The molecule has 18 heavy (non-hydrogen) atoms. The van der Waals surface area contributed by atoms with E-state index in [1.165, 1.54) is 6.07 Å². The van der Waals surface area contributed by atoms with E-state index in [0.29, 0.717) is 12.2 Å². The molecule has 2 N–H and O–H groups in total. The summed E-state index contributed by atoms with van der Waals surface area (Å²) in [5.41, 5.74) is 6.41. The van der Waals surface area contributed by atoms with Gasteiger partial charge in [-0.2, -0.15) is 0 Å². The van der Waals surface area contributed by atoms with Crippen molar-refractivity contribution in [2.75, 3.05) is 31.6 Å². The van der Waals surface area contributed by atoms with Crippen LogP contribution in [0, 0.1) is 5.82 Å². The summed E-state index contributed by atoms with van der Waals surface area (Å²) in [5.74, 6) is -0.173. The van der Waals surface area contributed by atoms with E-state index >= 15 is 0 Å². The molecule has 1 aromatic carbocycles. The monoisotopic (exact) mass is 251 g/mol. The molecule has 1 aliphatic heterocycles. The molecule has 1 saturated heterocycles. The number of rotatable bonds is 2. The Morgan fingerprint density at radius 1 is 1.39 bits per heavy atom. The summed E-state index contributed by atoms with van der Waals surface area (Å²) in [6.45, 7) is 6.57. The zero-order valence-electron chi connectivity index (χ0n) is 11.4. The summed E-state index contributed by atoms with van der Waals surface area (Å²) < 4.78 is 14.0. The largest absolute Gasteiger partial charge is 0.357 e. The Kier molecular flexibility index (Phi) is 3.59. The molecule has 1 atom stereocenters. The summed E-state index contributed by atoms with van der Waals surface area (Å²) >= 11 is 0. The van der Waals surface area contributed by atoms with Crippen molar-refractivity contribution in [2.45, 2.75) is 25.4 Å². The number of benzene rings is 1. The number of anilines is 1. The van der Waals surface area contributed by atoms with Crippen LogP contribution in [0.15, 0.2) is 24.3 Å². The van der Waals surface area contributed by atoms with Gasteiger partial charge in [0.2, 0.25) is 0 Å². The number of para-hydroxylation sites is 1. The van der Waals surface area contributed by atoms with Crippen molar-refractivity contribution < 1.29 is 4.39 Å². The van der Waals surface area contributed by atoms with Crippen LogP contribution in [-0.4, -0.2) is 43.2 Å². The summed E-state index contributed by atoms with van der Waals surface area (Å²) in [6, 6.07) is 7.10. The number of hydrogen-bond acceptors (Lipinski definition) is 3. The van der Waals surface area contributed by atoms with E-state index in [9.17, 15) is 4.39 Å². The number of nitrogens with two attached hydrogens (primary N) is 1.